The van der Waals surface area contributed by atoms with Gasteiger partial charge in [-0.05, 0) is 40.0 Å². The Kier molecular flexibility index (Phi) is 18.0. The van der Waals surface area contributed by atoms with Gasteiger partial charge in [-0.25, -0.2) is 0 Å². The lowest BCUT2D eigenvalue weighted by molar-refractivity contribution is 0.291. The van der Waals surface area contributed by atoms with E-state index in [0.29, 0.717) is 0 Å². The summed E-state index contributed by atoms with van der Waals surface area (Å²) in [6, 6.07) is 0. The molecule has 0 radical (unpaired) electrons. The van der Waals surface area contributed by atoms with Gasteiger partial charge in [0.05, 0.1) is 0 Å². The van der Waals surface area contributed by atoms with Gasteiger partial charge >= 0.3 is 0 Å². The largest absolute Gasteiger partial charge is 0.314 e. The topological polar surface area (TPSA) is 18.5 Å². The molecule has 0 aromatic rings. The zero-order chi connectivity index (χ0) is 13.5. The Morgan fingerprint density at radius 1 is 0.647 bits per heavy atom. The summed E-state index contributed by atoms with van der Waals surface area (Å²) in [6.07, 6.45) is 2.83. The van der Waals surface area contributed by atoms with E-state index in [0.717, 1.165) is 13.1 Å². The molecular weight excluding hydrogens is 210 g/mol. The van der Waals surface area contributed by atoms with Crippen LogP contribution in [0.5, 0.6) is 0 Å². The van der Waals surface area contributed by atoms with Gasteiger partial charge in [0.2, 0.25) is 0 Å². The van der Waals surface area contributed by atoms with Gasteiger partial charge < -0.3 is 15.1 Å². The van der Waals surface area contributed by atoms with Crippen molar-refractivity contribution >= 4 is 0 Å². The first kappa shape index (κ1) is 19.2. The minimum Gasteiger partial charge on any atom is -0.314 e. The van der Waals surface area contributed by atoms with Gasteiger partial charge in [0, 0.05) is 26.2 Å². The number of likely N-dealkylation sites (tertiary alicyclic amines) is 1. The molecule has 0 aromatic heterocycles. The van der Waals surface area contributed by atoms with Gasteiger partial charge in [0.25, 0.3) is 0 Å². The Morgan fingerprint density at radius 3 is 1.18 bits per heavy atom. The third kappa shape index (κ3) is 13.8. The first-order valence-corrected chi connectivity index (χ1v) is 7.37. The van der Waals surface area contributed by atoms with Gasteiger partial charge in [-0.15, -0.1) is 0 Å². The summed E-state index contributed by atoms with van der Waals surface area (Å²) >= 11 is 0. The summed E-state index contributed by atoms with van der Waals surface area (Å²) < 4.78 is 0. The SMILES string of the molecule is CC.CC.CN1CCCC1.CN1CCNCC1. The van der Waals surface area contributed by atoms with Crippen LogP contribution in [0.3, 0.4) is 0 Å². The maximum atomic E-state index is 3.27. The van der Waals surface area contributed by atoms with Gasteiger partial charge in [-0.3, -0.25) is 0 Å². The van der Waals surface area contributed by atoms with E-state index in [9.17, 15) is 0 Å². The Balaban J connectivity index is 0. The maximum Gasteiger partial charge on any atom is 0.0104 e. The molecule has 0 amide bonds. The molecular formula is C14H35N3. The molecule has 1 N–H and O–H groups in total. The fourth-order valence-electron chi connectivity index (χ4n) is 1.65. The zero-order valence-corrected chi connectivity index (χ0v) is 13.1. The highest BCUT2D eigenvalue weighted by molar-refractivity contribution is 4.62. The molecule has 2 heterocycles. The third-order valence-electron chi connectivity index (χ3n) is 2.67. The average Bonchev–Trinajstić information content (AvgIpc) is 2.87. The highest BCUT2D eigenvalue weighted by Gasteiger charge is 2.03. The third-order valence-corrected chi connectivity index (χ3v) is 2.67. The van der Waals surface area contributed by atoms with E-state index in [1.165, 1.54) is 39.0 Å². The first-order chi connectivity index (χ1) is 8.29. The number of nitrogens with zero attached hydrogens (tertiary/aromatic N) is 2. The number of piperazine rings is 1. The van der Waals surface area contributed by atoms with Gasteiger partial charge in [-0.2, -0.15) is 0 Å². The normalized spacial score (nSPS) is 20.1. The second kappa shape index (κ2) is 15.9. The molecule has 0 atom stereocenters. The van der Waals surface area contributed by atoms with Crippen molar-refractivity contribution in [3.05, 3.63) is 0 Å². The molecule has 17 heavy (non-hydrogen) atoms. The number of hydrogen-bond acceptors (Lipinski definition) is 3. The monoisotopic (exact) mass is 245 g/mol. The van der Waals surface area contributed by atoms with Crippen LogP contribution in [0.4, 0.5) is 0 Å². The van der Waals surface area contributed by atoms with E-state index in [-0.39, 0.29) is 0 Å². The van der Waals surface area contributed by atoms with Crippen molar-refractivity contribution in [1.82, 2.24) is 15.1 Å². The first-order valence-electron chi connectivity index (χ1n) is 7.37. The number of likely N-dealkylation sites (N-methyl/N-ethyl adjacent to an activating group) is 1. The molecule has 0 spiro atoms. The lowest BCUT2D eigenvalue weighted by atomic mass is 10.4. The van der Waals surface area contributed by atoms with Crippen LogP contribution in [0, 0.1) is 0 Å². The second-order valence-corrected chi connectivity index (χ2v) is 4.06. The predicted molar refractivity (Wildman–Crippen MR) is 79.8 cm³/mol. The fourth-order valence-corrected chi connectivity index (χ4v) is 1.65. The summed E-state index contributed by atoms with van der Waals surface area (Å²) in [4.78, 5) is 4.69. The van der Waals surface area contributed by atoms with Crippen LogP contribution in [0.2, 0.25) is 0 Å². The molecule has 2 rings (SSSR count). The van der Waals surface area contributed by atoms with Crippen LogP contribution >= 0.6 is 0 Å². The molecule has 0 saturated carbocycles. The van der Waals surface area contributed by atoms with Crippen molar-refractivity contribution in [3.63, 3.8) is 0 Å². The summed E-state index contributed by atoms with van der Waals surface area (Å²) in [7, 11) is 4.33. The van der Waals surface area contributed by atoms with Crippen LogP contribution in [-0.2, 0) is 0 Å². The van der Waals surface area contributed by atoms with E-state index in [4.69, 9.17) is 0 Å². The van der Waals surface area contributed by atoms with Crippen molar-refractivity contribution in [2.45, 2.75) is 40.5 Å². The second-order valence-electron chi connectivity index (χ2n) is 4.06. The lowest BCUT2D eigenvalue weighted by Gasteiger charge is -2.21. The summed E-state index contributed by atoms with van der Waals surface area (Å²) in [5, 5.41) is 3.27. The molecule has 0 unspecified atom stereocenters. The Hall–Kier alpha value is -0.120. The van der Waals surface area contributed by atoms with E-state index in [2.05, 4.69) is 29.2 Å². The molecule has 2 saturated heterocycles. The van der Waals surface area contributed by atoms with Gasteiger partial charge in [-0.1, -0.05) is 27.7 Å². The minimum atomic E-state index is 1.16. The average molecular weight is 245 g/mol. The molecule has 3 heteroatoms. The Morgan fingerprint density at radius 2 is 1.00 bits per heavy atom. The van der Waals surface area contributed by atoms with Crippen molar-refractivity contribution in [3.8, 4) is 0 Å². The molecule has 3 nitrogen and oxygen atoms in total. The summed E-state index contributed by atoms with van der Waals surface area (Å²) in [5.74, 6) is 0. The van der Waals surface area contributed by atoms with E-state index in [1.807, 2.05) is 27.7 Å². The maximum absolute atomic E-state index is 3.27. The van der Waals surface area contributed by atoms with Crippen LogP contribution in [0.15, 0.2) is 0 Å². The zero-order valence-electron chi connectivity index (χ0n) is 13.1. The van der Waals surface area contributed by atoms with Crippen molar-refractivity contribution in [2.24, 2.45) is 0 Å². The van der Waals surface area contributed by atoms with Crippen molar-refractivity contribution in [1.29, 1.82) is 0 Å². The minimum absolute atomic E-state index is 1.16. The quantitative estimate of drug-likeness (QED) is 0.706. The Bertz CT molecular complexity index is 117. The molecule has 0 aromatic carbocycles. The lowest BCUT2D eigenvalue weighted by Crippen LogP contribution is -2.40. The standard InChI is InChI=1S/C5H12N2.C5H11N.2C2H6/c1-7-4-2-6-3-5-7;1-6-4-2-3-5-6;2*1-2/h6H,2-5H2,1H3;2-5H2,1H3;2*1-2H3. The smallest absolute Gasteiger partial charge is 0.0104 e. The molecule has 0 bridgehead atoms. The van der Waals surface area contributed by atoms with Crippen LogP contribution in [0.25, 0.3) is 0 Å². The van der Waals surface area contributed by atoms with Crippen molar-refractivity contribution < 1.29 is 0 Å². The Labute approximate surface area is 110 Å². The predicted octanol–water partition coefficient (Wildman–Crippen LogP) is 2.29. The summed E-state index contributed by atoms with van der Waals surface area (Å²) in [6.45, 7) is 15.4. The van der Waals surface area contributed by atoms with Crippen LogP contribution in [-0.4, -0.2) is 63.2 Å². The molecule has 2 fully saturated rings. The van der Waals surface area contributed by atoms with Gasteiger partial charge in [0.1, 0.15) is 0 Å². The molecule has 2 aliphatic rings. The fraction of sp³-hybridized carbons (Fsp3) is 1.00. The molecule has 106 valence electrons. The molecule has 2 aliphatic heterocycles. The van der Waals surface area contributed by atoms with E-state index >= 15 is 0 Å². The van der Waals surface area contributed by atoms with Gasteiger partial charge in [0.15, 0.2) is 0 Å². The van der Waals surface area contributed by atoms with Crippen LogP contribution < -0.4 is 5.32 Å². The number of rotatable bonds is 0. The number of nitrogens with one attached hydrogen (secondary N) is 1. The molecule has 0 aliphatic carbocycles. The van der Waals surface area contributed by atoms with Crippen molar-refractivity contribution in [2.75, 3.05) is 53.4 Å². The highest BCUT2D eigenvalue weighted by Crippen LogP contribution is 2.02. The highest BCUT2D eigenvalue weighted by atomic mass is 15.2. The van der Waals surface area contributed by atoms with E-state index in [1.54, 1.807) is 0 Å². The van der Waals surface area contributed by atoms with Crippen LogP contribution in [0.1, 0.15) is 40.5 Å². The summed E-state index contributed by atoms with van der Waals surface area (Å²) in [5.41, 5.74) is 0. The number of hydrogen-bond donors (Lipinski definition) is 1. The van der Waals surface area contributed by atoms with E-state index < -0.39 is 0 Å².